The van der Waals surface area contributed by atoms with E-state index in [1.165, 1.54) is 88.9 Å². The minimum absolute atomic E-state index is 1.18. The van der Waals surface area contributed by atoms with Gasteiger partial charge in [0.1, 0.15) is 0 Å². The van der Waals surface area contributed by atoms with Gasteiger partial charge >= 0.3 is 0 Å². The molecule has 0 saturated carbocycles. The fourth-order valence-corrected chi connectivity index (χ4v) is 3.02. The summed E-state index contributed by atoms with van der Waals surface area (Å²) >= 11 is 0. The zero-order valence-electron chi connectivity index (χ0n) is 16.7. The highest BCUT2D eigenvalue weighted by atomic mass is 15.1. The lowest BCUT2D eigenvalue weighted by Crippen LogP contribution is -2.28. The summed E-state index contributed by atoms with van der Waals surface area (Å²) < 4.78 is 0. The third-order valence-electron chi connectivity index (χ3n) is 4.69. The maximum Gasteiger partial charge on any atom is 0.0386 e. The van der Waals surface area contributed by atoms with Crippen molar-refractivity contribution >= 4 is 11.4 Å². The van der Waals surface area contributed by atoms with Crippen LogP contribution in [0.25, 0.3) is 0 Å². The monoisotopic (exact) mass is 332 g/mol. The van der Waals surface area contributed by atoms with Crippen LogP contribution in [0.4, 0.5) is 11.4 Å². The summed E-state index contributed by atoms with van der Waals surface area (Å²) in [7, 11) is 0. The molecule has 24 heavy (non-hydrogen) atoms. The first-order valence-corrected chi connectivity index (χ1v) is 10.4. The van der Waals surface area contributed by atoms with E-state index in [1.807, 2.05) is 0 Å². The number of benzene rings is 1. The maximum atomic E-state index is 2.59. The number of hydrogen-bond donors (Lipinski definition) is 0. The molecule has 0 radical (unpaired) electrons. The molecule has 138 valence electrons. The van der Waals surface area contributed by atoms with Crippen molar-refractivity contribution in [3.63, 3.8) is 0 Å². The molecule has 0 aromatic heterocycles. The summed E-state index contributed by atoms with van der Waals surface area (Å²) in [6, 6.07) is 9.27. The number of nitrogens with zero attached hydrogens (tertiary/aromatic N) is 2. The molecule has 0 heterocycles. The van der Waals surface area contributed by atoms with Gasteiger partial charge in [-0.25, -0.2) is 0 Å². The molecule has 0 aliphatic rings. The Hall–Kier alpha value is -1.18. The zero-order valence-corrected chi connectivity index (χ0v) is 16.7. The van der Waals surface area contributed by atoms with E-state index in [4.69, 9.17) is 0 Å². The first-order valence-electron chi connectivity index (χ1n) is 10.4. The minimum atomic E-state index is 1.18. The first-order chi connectivity index (χ1) is 11.8. The number of rotatable bonds is 14. The van der Waals surface area contributed by atoms with Crippen molar-refractivity contribution in [1.29, 1.82) is 0 Å². The van der Waals surface area contributed by atoms with Crippen molar-refractivity contribution in [1.82, 2.24) is 0 Å². The summed E-state index contributed by atoms with van der Waals surface area (Å²) in [6.45, 7) is 13.9. The van der Waals surface area contributed by atoms with Gasteiger partial charge in [0, 0.05) is 37.6 Å². The van der Waals surface area contributed by atoms with Gasteiger partial charge in [0.2, 0.25) is 0 Å². The average molecular weight is 333 g/mol. The van der Waals surface area contributed by atoms with Gasteiger partial charge in [-0.3, -0.25) is 0 Å². The van der Waals surface area contributed by atoms with Crippen LogP contribution in [0.15, 0.2) is 24.3 Å². The first kappa shape index (κ1) is 20.9. The Balaban J connectivity index is 2.88. The third kappa shape index (κ3) is 7.59. The van der Waals surface area contributed by atoms with E-state index in [2.05, 4.69) is 61.8 Å². The maximum absolute atomic E-state index is 2.59. The van der Waals surface area contributed by atoms with Gasteiger partial charge < -0.3 is 9.80 Å². The molecule has 0 fully saturated rings. The number of hydrogen-bond acceptors (Lipinski definition) is 2. The molecular weight excluding hydrogens is 292 g/mol. The molecular formula is C22H40N2. The van der Waals surface area contributed by atoms with Crippen LogP contribution >= 0.6 is 0 Å². The highest BCUT2D eigenvalue weighted by molar-refractivity contribution is 5.59. The molecule has 1 aromatic carbocycles. The Morgan fingerprint density at radius 2 is 0.917 bits per heavy atom. The van der Waals surface area contributed by atoms with Crippen molar-refractivity contribution in [3.8, 4) is 0 Å². The molecule has 0 aliphatic heterocycles. The van der Waals surface area contributed by atoms with Gasteiger partial charge in [0.15, 0.2) is 0 Å². The van der Waals surface area contributed by atoms with Crippen LogP contribution in [0.2, 0.25) is 0 Å². The fraction of sp³-hybridized carbons (Fsp3) is 0.727. The molecule has 0 N–H and O–H groups in total. The van der Waals surface area contributed by atoms with Crippen LogP contribution in [0.5, 0.6) is 0 Å². The smallest absolute Gasteiger partial charge is 0.0386 e. The van der Waals surface area contributed by atoms with Crippen LogP contribution in [-0.2, 0) is 0 Å². The topological polar surface area (TPSA) is 6.48 Å². The Morgan fingerprint density at radius 3 is 1.21 bits per heavy atom. The number of unbranched alkanes of at least 4 members (excludes halogenated alkanes) is 4. The second kappa shape index (κ2) is 13.1. The summed E-state index contributed by atoms with van der Waals surface area (Å²) in [5, 5.41) is 0. The standard InChI is InChI=1S/C22H40N2/c1-5-9-16-23(17-10-6-2)21-14-13-15-22(20-21)24(18-11-7-3)19-12-8-4/h13-15,20H,5-12,16-19H2,1-4H3. The highest BCUT2D eigenvalue weighted by Crippen LogP contribution is 2.24. The normalized spacial score (nSPS) is 10.8. The lowest BCUT2D eigenvalue weighted by Gasteiger charge is -2.29. The molecule has 1 rings (SSSR count). The van der Waals surface area contributed by atoms with Gasteiger partial charge in [0.05, 0.1) is 0 Å². The summed E-state index contributed by atoms with van der Waals surface area (Å²) in [6.07, 6.45) is 10.2. The zero-order chi connectivity index (χ0) is 17.6. The summed E-state index contributed by atoms with van der Waals surface area (Å²) in [5.74, 6) is 0. The molecule has 1 aromatic rings. The lowest BCUT2D eigenvalue weighted by atomic mass is 10.2. The van der Waals surface area contributed by atoms with Crippen molar-refractivity contribution in [2.45, 2.75) is 79.1 Å². The molecule has 0 amide bonds. The van der Waals surface area contributed by atoms with Gasteiger partial charge in [-0.15, -0.1) is 0 Å². The van der Waals surface area contributed by atoms with E-state index >= 15 is 0 Å². The van der Waals surface area contributed by atoms with Gasteiger partial charge in [-0.2, -0.15) is 0 Å². The van der Waals surface area contributed by atoms with E-state index in [9.17, 15) is 0 Å². The predicted octanol–water partition coefficient (Wildman–Crippen LogP) is 6.50. The van der Waals surface area contributed by atoms with Crippen LogP contribution in [0.1, 0.15) is 79.1 Å². The molecule has 0 saturated heterocycles. The predicted molar refractivity (Wildman–Crippen MR) is 111 cm³/mol. The third-order valence-corrected chi connectivity index (χ3v) is 4.69. The second-order valence-electron chi connectivity index (χ2n) is 6.91. The Kier molecular flexibility index (Phi) is 11.4. The van der Waals surface area contributed by atoms with Crippen molar-refractivity contribution in [2.75, 3.05) is 36.0 Å². The van der Waals surface area contributed by atoms with Crippen LogP contribution in [0.3, 0.4) is 0 Å². The SMILES string of the molecule is CCCCN(CCCC)c1cccc(N(CCCC)CCCC)c1. The van der Waals surface area contributed by atoms with Crippen LogP contribution < -0.4 is 9.80 Å². The van der Waals surface area contributed by atoms with Crippen LogP contribution in [0, 0.1) is 0 Å². The van der Waals surface area contributed by atoms with Crippen LogP contribution in [-0.4, -0.2) is 26.2 Å². The van der Waals surface area contributed by atoms with Crippen molar-refractivity contribution < 1.29 is 0 Å². The molecule has 0 spiro atoms. The summed E-state index contributed by atoms with van der Waals surface area (Å²) in [5.41, 5.74) is 2.82. The molecule has 0 aliphatic carbocycles. The molecule has 0 atom stereocenters. The van der Waals surface area contributed by atoms with E-state index in [0.29, 0.717) is 0 Å². The van der Waals surface area contributed by atoms with Gasteiger partial charge in [-0.1, -0.05) is 59.4 Å². The quantitative estimate of drug-likeness (QED) is 0.383. The Morgan fingerprint density at radius 1 is 0.583 bits per heavy atom. The molecule has 0 unspecified atom stereocenters. The van der Waals surface area contributed by atoms with E-state index < -0.39 is 0 Å². The summed E-state index contributed by atoms with van der Waals surface area (Å²) in [4.78, 5) is 5.18. The van der Waals surface area contributed by atoms with E-state index in [-0.39, 0.29) is 0 Å². The largest absolute Gasteiger partial charge is 0.371 e. The van der Waals surface area contributed by atoms with E-state index in [0.717, 1.165) is 0 Å². The number of anilines is 2. The second-order valence-corrected chi connectivity index (χ2v) is 6.91. The average Bonchev–Trinajstić information content (AvgIpc) is 2.62. The highest BCUT2D eigenvalue weighted by Gasteiger charge is 2.10. The fourth-order valence-electron chi connectivity index (χ4n) is 3.02. The Labute approximate surface area is 151 Å². The molecule has 0 bridgehead atoms. The van der Waals surface area contributed by atoms with Crippen molar-refractivity contribution in [2.24, 2.45) is 0 Å². The van der Waals surface area contributed by atoms with Gasteiger partial charge in [-0.05, 0) is 43.9 Å². The molecule has 2 nitrogen and oxygen atoms in total. The minimum Gasteiger partial charge on any atom is -0.371 e. The van der Waals surface area contributed by atoms with E-state index in [1.54, 1.807) is 0 Å². The van der Waals surface area contributed by atoms with Gasteiger partial charge in [0.25, 0.3) is 0 Å². The lowest BCUT2D eigenvalue weighted by molar-refractivity contribution is 0.672. The van der Waals surface area contributed by atoms with Crippen molar-refractivity contribution in [3.05, 3.63) is 24.3 Å². The molecule has 2 heteroatoms. The Bertz CT molecular complexity index is 365.